The van der Waals surface area contributed by atoms with E-state index in [4.69, 9.17) is 0 Å². The topological polar surface area (TPSA) is 57.7 Å². The fourth-order valence-corrected chi connectivity index (χ4v) is 4.32. The summed E-state index contributed by atoms with van der Waals surface area (Å²) >= 11 is 0. The predicted molar refractivity (Wildman–Crippen MR) is 97.7 cm³/mol. The Morgan fingerprint density at radius 2 is 1.79 bits per heavy atom. The van der Waals surface area contributed by atoms with E-state index in [0.717, 1.165) is 30.2 Å². The maximum absolute atomic E-state index is 12.8. The number of carbonyl (C=O) groups excluding carboxylic acids is 1. The van der Waals surface area contributed by atoms with Crippen LogP contribution in [0.25, 0.3) is 0 Å². The van der Waals surface area contributed by atoms with Crippen molar-refractivity contribution in [1.82, 2.24) is 4.90 Å². The Morgan fingerprint density at radius 3 is 2.29 bits per heavy atom. The first-order chi connectivity index (χ1) is 11.1. The number of likely N-dealkylation sites (tertiary alicyclic amines) is 1. The molecule has 1 heterocycles. The molecule has 1 aliphatic heterocycles. The molecule has 1 atom stereocenters. The monoisotopic (exact) mass is 352 g/mol. The molecule has 134 valence electrons. The summed E-state index contributed by atoms with van der Waals surface area (Å²) in [6.45, 7) is 9.19. The summed E-state index contributed by atoms with van der Waals surface area (Å²) in [5.74, 6) is 0.501. The number of aryl methyl sites for hydroxylation is 2. The average molecular weight is 353 g/mol. The lowest BCUT2D eigenvalue weighted by Gasteiger charge is -2.36. The molecule has 0 aromatic heterocycles. The minimum atomic E-state index is -3.56. The summed E-state index contributed by atoms with van der Waals surface area (Å²) in [7, 11) is -3.56. The van der Waals surface area contributed by atoms with Gasteiger partial charge in [-0.05, 0) is 62.8 Å². The van der Waals surface area contributed by atoms with Crippen LogP contribution in [-0.4, -0.2) is 44.6 Å². The molecule has 0 spiro atoms. The Bertz CT molecular complexity index is 707. The van der Waals surface area contributed by atoms with Crippen LogP contribution in [0.1, 0.15) is 37.8 Å². The first-order valence-electron chi connectivity index (χ1n) is 8.46. The van der Waals surface area contributed by atoms with E-state index in [1.807, 2.05) is 26.0 Å². The number of amides is 1. The Labute approximate surface area is 145 Å². The average Bonchev–Trinajstić information content (AvgIpc) is 2.49. The molecule has 0 radical (unpaired) electrons. The van der Waals surface area contributed by atoms with E-state index in [1.54, 1.807) is 17.9 Å². The van der Waals surface area contributed by atoms with E-state index in [2.05, 4.69) is 6.92 Å². The first kappa shape index (κ1) is 18.8. The zero-order chi connectivity index (χ0) is 18.1. The molecule has 1 aromatic rings. The third kappa shape index (κ3) is 4.09. The van der Waals surface area contributed by atoms with Gasteiger partial charge in [0.15, 0.2) is 0 Å². The van der Waals surface area contributed by atoms with Crippen LogP contribution in [-0.2, 0) is 14.8 Å². The molecule has 0 bridgehead atoms. The number of rotatable bonds is 4. The van der Waals surface area contributed by atoms with Crippen molar-refractivity contribution in [1.29, 1.82) is 0 Å². The Morgan fingerprint density at radius 1 is 1.21 bits per heavy atom. The summed E-state index contributed by atoms with van der Waals surface area (Å²) < 4.78 is 26.0. The van der Waals surface area contributed by atoms with Crippen molar-refractivity contribution in [3.63, 3.8) is 0 Å². The predicted octanol–water partition coefficient (Wildman–Crippen LogP) is 2.72. The van der Waals surface area contributed by atoms with Crippen molar-refractivity contribution < 1.29 is 13.2 Å². The molecule has 5 nitrogen and oxygen atoms in total. The third-order valence-corrected chi connectivity index (χ3v) is 6.15. The molecular formula is C18H28N2O3S. The van der Waals surface area contributed by atoms with Gasteiger partial charge in [0.1, 0.15) is 6.04 Å². The van der Waals surface area contributed by atoms with Crippen LogP contribution in [0.3, 0.4) is 0 Å². The normalized spacial score (nSPS) is 17.6. The molecule has 1 saturated heterocycles. The maximum Gasteiger partial charge on any atom is 0.246 e. The van der Waals surface area contributed by atoms with Crippen LogP contribution >= 0.6 is 0 Å². The van der Waals surface area contributed by atoms with Gasteiger partial charge in [0.2, 0.25) is 15.9 Å². The quantitative estimate of drug-likeness (QED) is 0.837. The summed E-state index contributed by atoms with van der Waals surface area (Å²) in [5, 5.41) is 0. The Kier molecular flexibility index (Phi) is 5.58. The van der Waals surface area contributed by atoms with Gasteiger partial charge in [-0.2, -0.15) is 0 Å². The maximum atomic E-state index is 12.8. The highest BCUT2D eigenvalue weighted by Crippen LogP contribution is 2.25. The highest BCUT2D eigenvalue weighted by molar-refractivity contribution is 7.92. The van der Waals surface area contributed by atoms with Crippen molar-refractivity contribution in [2.75, 3.05) is 23.7 Å². The van der Waals surface area contributed by atoms with E-state index >= 15 is 0 Å². The Balaban J connectivity index is 2.30. The molecule has 2 rings (SSSR count). The first-order valence-corrected chi connectivity index (χ1v) is 10.3. The smallest absolute Gasteiger partial charge is 0.246 e. The van der Waals surface area contributed by atoms with Crippen LogP contribution in [0.5, 0.6) is 0 Å². The lowest BCUT2D eigenvalue weighted by Crippen LogP contribution is -2.51. The second-order valence-electron chi connectivity index (χ2n) is 7.01. The standard InChI is InChI=1S/C18H28N2O3S/c1-13-8-10-19(11-9-13)18(21)16(4)20(24(5,22)23)17-7-6-14(2)15(3)12-17/h6-7,12-13,16H,8-11H2,1-5H3/t16-/m1/s1. The minimum absolute atomic E-state index is 0.120. The van der Waals surface area contributed by atoms with Crippen LogP contribution in [0.2, 0.25) is 0 Å². The molecule has 1 aliphatic rings. The van der Waals surface area contributed by atoms with Gasteiger partial charge in [-0.25, -0.2) is 8.42 Å². The third-order valence-electron chi connectivity index (χ3n) is 4.91. The number of anilines is 1. The number of carbonyl (C=O) groups is 1. The summed E-state index contributed by atoms with van der Waals surface area (Å²) in [5.41, 5.74) is 2.65. The fraction of sp³-hybridized carbons (Fsp3) is 0.611. The van der Waals surface area contributed by atoms with E-state index in [1.165, 1.54) is 4.31 Å². The van der Waals surface area contributed by atoms with Crippen LogP contribution in [0.4, 0.5) is 5.69 Å². The Hall–Kier alpha value is -1.56. The summed E-state index contributed by atoms with van der Waals surface area (Å²) in [4.78, 5) is 14.6. The number of piperidine rings is 1. The van der Waals surface area contributed by atoms with Crippen LogP contribution < -0.4 is 4.31 Å². The van der Waals surface area contributed by atoms with Crippen molar-refractivity contribution in [2.45, 2.75) is 46.6 Å². The van der Waals surface area contributed by atoms with Crippen LogP contribution in [0, 0.1) is 19.8 Å². The molecule has 0 aliphatic carbocycles. The van der Waals surface area contributed by atoms with Crippen molar-refractivity contribution in [3.05, 3.63) is 29.3 Å². The van der Waals surface area contributed by atoms with Crippen LogP contribution in [0.15, 0.2) is 18.2 Å². The molecule has 6 heteroatoms. The van der Waals surface area contributed by atoms with Crippen molar-refractivity contribution >= 4 is 21.6 Å². The molecule has 24 heavy (non-hydrogen) atoms. The zero-order valence-electron chi connectivity index (χ0n) is 15.2. The fourth-order valence-electron chi connectivity index (χ4n) is 3.16. The molecule has 1 fully saturated rings. The van der Waals surface area contributed by atoms with Gasteiger partial charge in [-0.15, -0.1) is 0 Å². The van der Waals surface area contributed by atoms with Crippen molar-refractivity contribution in [3.8, 4) is 0 Å². The zero-order valence-corrected chi connectivity index (χ0v) is 16.1. The van der Waals surface area contributed by atoms with Crippen molar-refractivity contribution in [2.24, 2.45) is 5.92 Å². The molecule has 0 saturated carbocycles. The molecule has 0 N–H and O–H groups in total. The summed E-state index contributed by atoms with van der Waals surface area (Å²) in [6.07, 6.45) is 3.10. The van der Waals surface area contributed by atoms with Gasteiger partial charge in [-0.3, -0.25) is 9.10 Å². The number of hydrogen-bond acceptors (Lipinski definition) is 3. The number of benzene rings is 1. The van der Waals surface area contributed by atoms with Gasteiger partial charge in [0.25, 0.3) is 0 Å². The highest BCUT2D eigenvalue weighted by Gasteiger charge is 2.33. The van der Waals surface area contributed by atoms with Gasteiger partial charge in [-0.1, -0.05) is 13.0 Å². The van der Waals surface area contributed by atoms with E-state index in [0.29, 0.717) is 24.7 Å². The number of nitrogens with zero attached hydrogens (tertiary/aromatic N) is 2. The van der Waals surface area contributed by atoms with Gasteiger partial charge >= 0.3 is 0 Å². The largest absolute Gasteiger partial charge is 0.341 e. The second-order valence-corrected chi connectivity index (χ2v) is 8.87. The second kappa shape index (κ2) is 7.13. The lowest BCUT2D eigenvalue weighted by atomic mass is 9.99. The number of sulfonamides is 1. The van der Waals surface area contributed by atoms with E-state index in [9.17, 15) is 13.2 Å². The molecular weight excluding hydrogens is 324 g/mol. The molecule has 0 unspecified atom stereocenters. The number of hydrogen-bond donors (Lipinski definition) is 0. The molecule has 1 aromatic carbocycles. The van der Waals surface area contributed by atoms with E-state index < -0.39 is 16.1 Å². The van der Waals surface area contributed by atoms with E-state index in [-0.39, 0.29) is 5.91 Å². The summed E-state index contributed by atoms with van der Waals surface area (Å²) in [6, 6.07) is 4.75. The lowest BCUT2D eigenvalue weighted by molar-refractivity contribution is -0.133. The highest BCUT2D eigenvalue weighted by atomic mass is 32.2. The van der Waals surface area contributed by atoms with Gasteiger partial charge in [0, 0.05) is 13.1 Å². The SMILES string of the molecule is Cc1ccc(N([C@H](C)C(=O)N2CCC(C)CC2)S(C)(=O)=O)cc1C. The van der Waals surface area contributed by atoms with Gasteiger partial charge in [0.05, 0.1) is 11.9 Å². The van der Waals surface area contributed by atoms with Gasteiger partial charge < -0.3 is 4.90 Å². The molecule has 1 amide bonds. The minimum Gasteiger partial charge on any atom is -0.341 e.